The SMILES string of the molecule is CCCCCCCCN1C(=O)C(c2ccc(F)cc2)=C(N2CCCC(C)C2)C1=O. The van der Waals surface area contributed by atoms with Crippen LogP contribution in [-0.2, 0) is 9.59 Å². The number of likely N-dealkylation sites (tertiary alicyclic amines) is 1. The molecule has 2 aliphatic rings. The maximum Gasteiger partial charge on any atom is 0.277 e. The molecule has 0 spiro atoms. The summed E-state index contributed by atoms with van der Waals surface area (Å²) >= 11 is 0. The molecule has 1 aromatic carbocycles. The predicted octanol–water partition coefficient (Wildman–Crippen LogP) is 5.00. The van der Waals surface area contributed by atoms with E-state index in [2.05, 4.69) is 18.7 Å². The Morgan fingerprint density at radius 1 is 1.00 bits per heavy atom. The summed E-state index contributed by atoms with van der Waals surface area (Å²) in [6.07, 6.45) is 8.79. The third-order valence-corrected chi connectivity index (χ3v) is 5.98. The number of hydrogen-bond acceptors (Lipinski definition) is 3. The molecule has 2 amide bonds. The lowest BCUT2D eigenvalue weighted by atomic mass is 9.98. The number of unbranched alkanes of at least 4 members (excludes halogenated alkanes) is 5. The van der Waals surface area contributed by atoms with E-state index in [9.17, 15) is 14.0 Å². The summed E-state index contributed by atoms with van der Waals surface area (Å²) < 4.78 is 13.4. The number of rotatable bonds is 9. The van der Waals surface area contributed by atoms with Crippen molar-refractivity contribution in [2.24, 2.45) is 5.92 Å². The van der Waals surface area contributed by atoms with Crippen LogP contribution in [0.2, 0.25) is 0 Å². The van der Waals surface area contributed by atoms with Crippen molar-refractivity contribution < 1.29 is 14.0 Å². The number of halogens is 1. The summed E-state index contributed by atoms with van der Waals surface area (Å²) in [5.74, 6) is -0.273. The molecule has 158 valence electrons. The van der Waals surface area contributed by atoms with E-state index in [4.69, 9.17) is 0 Å². The fraction of sp³-hybridized carbons (Fsp3) is 0.583. The number of benzene rings is 1. The van der Waals surface area contributed by atoms with E-state index >= 15 is 0 Å². The quantitative estimate of drug-likeness (QED) is 0.433. The topological polar surface area (TPSA) is 40.6 Å². The van der Waals surface area contributed by atoms with E-state index in [-0.39, 0.29) is 17.6 Å². The Bertz CT molecular complexity index is 757. The van der Waals surface area contributed by atoms with Crippen LogP contribution in [0.4, 0.5) is 4.39 Å². The van der Waals surface area contributed by atoms with Gasteiger partial charge < -0.3 is 4.90 Å². The maximum atomic E-state index is 13.4. The second kappa shape index (κ2) is 10.0. The van der Waals surface area contributed by atoms with Crippen LogP contribution in [0.3, 0.4) is 0 Å². The molecule has 2 heterocycles. The molecule has 5 heteroatoms. The van der Waals surface area contributed by atoms with Gasteiger partial charge in [-0.15, -0.1) is 0 Å². The minimum atomic E-state index is -0.344. The molecule has 1 fully saturated rings. The number of amides is 2. The van der Waals surface area contributed by atoms with Crippen molar-refractivity contribution in [3.63, 3.8) is 0 Å². The smallest absolute Gasteiger partial charge is 0.277 e. The summed E-state index contributed by atoms with van der Waals surface area (Å²) in [6, 6.07) is 5.93. The van der Waals surface area contributed by atoms with Crippen molar-refractivity contribution >= 4 is 17.4 Å². The van der Waals surface area contributed by atoms with Gasteiger partial charge in [-0.05, 0) is 42.9 Å². The fourth-order valence-corrected chi connectivity index (χ4v) is 4.38. The summed E-state index contributed by atoms with van der Waals surface area (Å²) in [6.45, 7) is 6.40. The average molecular weight is 401 g/mol. The Balaban J connectivity index is 1.80. The highest BCUT2D eigenvalue weighted by Gasteiger charge is 2.41. The van der Waals surface area contributed by atoms with E-state index in [1.165, 1.54) is 36.3 Å². The first-order chi connectivity index (χ1) is 14.0. The molecule has 0 aliphatic carbocycles. The van der Waals surface area contributed by atoms with Crippen molar-refractivity contribution in [3.05, 3.63) is 41.3 Å². The van der Waals surface area contributed by atoms with Gasteiger partial charge in [0.1, 0.15) is 11.5 Å². The lowest BCUT2D eigenvalue weighted by molar-refractivity contribution is -0.137. The van der Waals surface area contributed by atoms with E-state index in [0.717, 1.165) is 45.2 Å². The highest BCUT2D eigenvalue weighted by Crippen LogP contribution is 2.34. The summed E-state index contributed by atoms with van der Waals surface area (Å²) in [5, 5.41) is 0. The van der Waals surface area contributed by atoms with E-state index < -0.39 is 0 Å². The third kappa shape index (κ3) is 5.06. The first-order valence-corrected chi connectivity index (χ1v) is 11.1. The van der Waals surface area contributed by atoms with E-state index in [1.54, 1.807) is 12.1 Å². The molecule has 3 rings (SSSR count). The Labute approximate surface area is 173 Å². The van der Waals surface area contributed by atoms with Gasteiger partial charge in [-0.3, -0.25) is 14.5 Å². The zero-order valence-corrected chi connectivity index (χ0v) is 17.8. The molecule has 1 saturated heterocycles. The van der Waals surface area contributed by atoms with Crippen LogP contribution < -0.4 is 0 Å². The van der Waals surface area contributed by atoms with Crippen LogP contribution in [0.15, 0.2) is 30.0 Å². The van der Waals surface area contributed by atoms with Gasteiger partial charge in [0.15, 0.2) is 0 Å². The summed E-state index contributed by atoms with van der Waals surface area (Å²) in [5.41, 5.74) is 1.58. The standard InChI is InChI=1S/C24H33FN2O2/c1-3-4-5-6-7-8-16-27-23(28)21(19-11-13-20(25)14-12-19)22(24(27)29)26-15-9-10-18(2)17-26/h11-14,18H,3-10,15-17H2,1-2H3. The van der Waals surface area contributed by atoms with Crippen LogP contribution in [-0.4, -0.2) is 41.2 Å². The first-order valence-electron chi connectivity index (χ1n) is 11.1. The summed E-state index contributed by atoms with van der Waals surface area (Å²) in [7, 11) is 0. The predicted molar refractivity (Wildman–Crippen MR) is 113 cm³/mol. The van der Waals surface area contributed by atoms with Crippen molar-refractivity contribution in [2.45, 2.75) is 65.2 Å². The molecule has 29 heavy (non-hydrogen) atoms. The molecule has 0 N–H and O–H groups in total. The van der Waals surface area contributed by atoms with Gasteiger partial charge in [0, 0.05) is 19.6 Å². The Morgan fingerprint density at radius 3 is 2.38 bits per heavy atom. The number of piperidine rings is 1. The highest BCUT2D eigenvalue weighted by atomic mass is 19.1. The number of hydrogen-bond donors (Lipinski definition) is 0. The minimum Gasteiger partial charge on any atom is -0.366 e. The Kier molecular flexibility index (Phi) is 7.45. The first kappa shape index (κ1) is 21.5. The lowest BCUT2D eigenvalue weighted by Crippen LogP contribution is -2.39. The number of carbonyl (C=O) groups excluding carboxylic acids is 2. The van der Waals surface area contributed by atoms with Gasteiger partial charge in [0.05, 0.1) is 5.57 Å². The average Bonchev–Trinajstić information content (AvgIpc) is 2.95. The molecule has 0 saturated carbocycles. The van der Waals surface area contributed by atoms with Gasteiger partial charge >= 0.3 is 0 Å². The fourth-order valence-electron chi connectivity index (χ4n) is 4.38. The van der Waals surface area contributed by atoms with Gasteiger partial charge in [-0.2, -0.15) is 0 Å². The molecular formula is C24H33FN2O2. The number of carbonyl (C=O) groups is 2. The zero-order chi connectivity index (χ0) is 20.8. The molecule has 1 unspecified atom stereocenters. The van der Waals surface area contributed by atoms with Crippen LogP contribution in [0, 0.1) is 11.7 Å². The van der Waals surface area contributed by atoms with Crippen LogP contribution in [0.25, 0.3) is 5.57 Å². The van der Waals surface area contributed by atoms with Crippen LogP contribution >= 0.6 is 0 Å². The molecule has 0 radical (unpaired) electrons. The largest absolute Gasteiger partial charge is 0.366 e. The second-order valence-electron chi connectivity index (χ2n) is 8.45. The van der Waals surface area contributed by atoms with Crippen LogP contribution in [0.1, 0.15) is 70.8 Å². The summed E-state index contributed by atoms with van der Waals surface area (Å²) in [4.78, 5) is 30.0. The lowest BCUT2D eigenvalue weighted by Gasteiger charge is -2.33. The Morgan fingerprint density at radius 2 is 1.69 bits per heavy atom. The van der Waals surface area contributed by atoms with Gasteiger partial charge in [-0.1, -0.05) is 58.1 Å². The molecule has 4 nitrogen and oxygen atoms in total. The molecule has 2 aliphatic heterocycles. The Hall–Kier alpha value is -2.17. The highest BCUT2D eigenvalue weighted by molar-refractivity contribution is 6.35. The van der Waals surface area contributed by atoms with Crippen molar-refractivity contribution in [2.75, 3.05) is 19.6 Å². The van der Waals surface area contributed by atoms with E-state index in [1.807, 2.05) is 0 Å². The second-order valence-corrected chi connectivity index (χ2v) is 8.45. The van der Waals surface area contributed by atoms with Gasteiger partial charge in [-0.25, -0.2) is 4.39 Å². The van der Waals surface area contributed by atoms with Crippen LogP contribution in [0.5, 0.6) is 0 Å². The molecule has 0 bridgehead atoms. The van der Waals surface area contributed by atoms with Crippen molar-refractivity contribution in [3.8, 4) is 0 Å². The van der Waals surface area contributed by atoms with Crippen molar-refractivity contribution in [1.29, 1.82) is 0 Å². The zero-order valence-electron chi connectivity index (χ0n) is 17.8. The van der Waals surface area contributed by atoms with E-state index in [0.29, 0.717) is 29.3 Å². The number of nitrogens with zero attached hydrogens (tertiary/aromatic N) is 2. The van der Waals surface area contributed by atoms with Gasteiger partial charge in [0.25, 0.3) is 11.8 Å². The molecule has 1 aromatic rings. The monoisotopic (exact) mass is 400 g/mol. The third-order valence-electron chi connectivity index (χ3n) is 5.98. The number of imide groups is 1. The minimum absolute atomic E-state index is 0.183. The van der Waals surface area contributed by atoms with Gasteiger partial charge in [0.2, 0.25) is 0 Å². The normalized spacial score (nSPS) is 20.2. The molecule has 1 atom stereocenters. The van der Waals surface area contributed by atoms with Crippen molar-refractivity contribution in [1.82, 2.24) is 9.80 Å². The molecule has 0 aromatic heterocycles. The maximum absolute atomic E-state index is 13.4. The molecular weight excluding hydrogens is 367 g/mol.